The van der Waals surface area contributed by atoms with E-state index in [0.717, 1.165) is 27.9 Å². The summed E-state index contributed by atoms with van der Waals surface area (Å²) in [6, 6.07) is 4.52. The van der Waals surface area contributed by atoms with Gasteiger partial charge in [-0.3, -0.25) is 0 Å². The van der Waals surface area contributed by atoms with Gasteiger partial charge in [-0.05, 0) is 37.3 Å². The molecule has 0 heterocycles. The summed E-state index contributed by atoms with van der Waals surface area (Å²) in [5, 5.41) is 4.35. The van der Waals surface area contributed by atoms with Crippen molar-refractivity contribution in [3.05, 3.63) is 22.7 Å². The molecule has 3 heteroatoms. The molecular formula is C14H20ClNO. The summed E-state index contributed by atoms with van der Waals surface area (Å²) in [5.74, 6) is 1.57. The first-order valence-electron chi connectivity index (χ1n) is 6.22. The van der Waals surface area contributed by atoms with Crippen molar-refractivity contribution in [1.29, 1.82) is 0 Å². The van der Waals surface area contributed by atoms with E-state index in [1.807, 2.05) is 13.0 Å². The highest BCUT2D eigenvalue weighted by molar-refractivity contribution is 6.31. The molecule has 2 nitrogen and oxygen atoms in total. The van der Waals surface area contributed by atoms with Crippen molar-refractivity contribution in [2.45, 2.75) is 39.2 Å². The van der Waals surface area contributed by atoms with Gasteiger partial charge in [0.15, 0.2) is 0 Å². The van der Waals surface area contributed by atoms with Crippen LogP contribution >= 0.6 is 11.6 Å². The van der Waals surface area contributed by atoms with Gasteiger partial charge in [0.2, 0.25) is 0 Å². The van der Waals surface area contributed by atoms with E-state index in [-0.39, 0.29) is 0 Å². The van der Waals surface area contributed by atoms with Crippen LogP contribution in [-0.4, -0.2) is 13.2 Å². The minimum atomic E-state index is 0.560. The standard InChI is InChI=1S/C14H20ClNO/c1-9-5-4-6-12(9)16-13-7-10(2)11(15)8-14(13)17-3/h7-9,12,16H,4-6H2,1-3H3. The van der Waals surface area contributed by atoms with Gasteiger partial charge in [0, 0.05) is 17.1 Å². The molecule has 0 aromatic heterocycles. The number of hydrogen-bond donors (Lipinski definition) is 1. The number of ether oxygens (including phenoxy) is 1. The first kappa shape index (κ1) is 12.6. The number of halogens is 1. The number of methoxy groups -OCH3 is 1. The lowest BCUT2D eigenvalue weighted by atomic mass is 10.1. The molecule has 0 bridgehead atoms. The van der Waals surface area contributed by atoms with Crippen molar-refractivity contribution < 1.29 is 4.74 Å². The highest BCUT2D eigenvalue weighted by atomic mass is 35.5. The summed E-state index contributed by atoms with van der Waals surface area (Å²) in [7, 11) is 1.68. The Kier molecular flexibility index (Phi) is 3.82. The van der Waals surface area contributed by atoms with Crippen molar-refractivity contribution in [3.8, 4) is 5.75 Å². The SMILES string of the molecule is COc1cc(Cl)c(C)cc1NC1CCCC1C. The van der Waals surface area contributed by atoms with Gasteiger partial charge in [0.1, 0.15) is 5.75 Å². The van der Waals surface area contributed by atoms with E-state index < -0.39 is 0 Å². The maximum Gasteiger partial charge on any atom is 0.143 e. The number of benzene rings is 1. The van der Waals surface area contributed by atoms with Gasteiger partial charge in [-0.2, -0.15) is 0 Å². The molecule has 2 unspecified atom stereocenters. The summed E-state index contributed by atoms with van der Waals surface area (Å²) in [4.78, 5) is 0. The zero-order valence-corrected chi connectivity index (χ0v) is 11.5. The quantitative estimate of drug-likeness (QED) is 0.869. The third kappa shape index (κ3) is 2.68. The highest BCUT2D eigenvalue weighted by Crippen LogP contribution is 2.34. The van der Waals surface area contributed by atoms with Gasteiger partial charge >= 0.3 is 0 Å². The molecule has 1 aromatic carbocycles. The third-order valence-electron chi connectivity index (χ3n) is 3.68. The molecule has 94 valence electrons. The van der Waals surface area contributed by atoms with E-state index >= 15 is 0 Å². The molecule has 2 atom stereocenters. The molecular weight excluding hydrogens is 234 g/mol. The second-order valence-electron chi connectivity index (χ2n) is 4.96. The third-order valence-corrected chi connectivity index (χ3v) is 4.09. The fourth-order valence-corrected chi connectivity index (χ4v) is 2.66. The van der Waals surface area contributed by atoms with Gasteiger partial charge in [0.25, 0.3) is 0 Å². The fourth-order valence-electron chi connectivity index (χ4n) is 2.50. The maximum absolute atomic E-state index is 6.10. The van der Waals surface area contributed by atoms with Crippen LogP contribution in [0.3, 0.4) is 0 Å². The molecule has 0 spiro atoms. The number of anilines is 1. The van der Waals surface area contributed by atoms with Crippen LogP contribution in [0.15, 0.2) is 12.1 Å². The molecule has 1 saturated carbocycles. The summed E-state index contributed by atoms with van der Waals surface area (Å²) >= 11 is 6.10. The second kappa shape index (κ2) is 5.18. The molecule has 0 saturated heterocycles. The lowest BCUT2D eigenvalue weighted by Gasteiger charge is -2.21. The van der Waals surface area contributed by atoms with Crippen molar-refractivity contribution in [2.24, 2.45) is 5.92 Å². The Balaban J connectivity index is 2.22. The molecule has 0 amide bonds. The summed E-state index contributed by atoms with van der Waals surface area (Å²) in [6.07, 6.45) is 3.87. The molecule has 1 N–H and O–H groups in total. The summed E-state index contributed by atoms with van der Waals surface area (Å²) in [6.45, 7) is 4.32. The molecule has 2 rings (SSSR count). The van der Waals surface area contributed by atoms with Gasteiger partial charge < -0.3 is 10.1 Å². The van der Waals surface area contributed by atoms with E-state index in [4.69, 9.17) is 16.3 Å². The van der Waals surface area contributed by atoms with Crippen molar-refractivity contribution >= 4 is 17.3 Å². The zero-order chi connectivity index (χ0) is 12.4. The molecule has 1 fully saturated rings. The van der Waals surface area contributed by atoms with Gasteiger partial charge in [0.05, 0.1) is 12.8 Å². The average molecular weight is 254 g/mol. The van der Waals surface area contributed by atoms with Crippen molar-refractivity contribution in [2.75, 3.05) is 12.4 Å². The lowest BCUT2D eigenvalue weighted by Crippen LogP contribution is -2.22. The van der Waals surface area contributed by atoms with E-state index in [1.54, 1.807) is 7.11 Å². The smallest absolute Gasteiger partial charge is 0.143 e. The number of aryl methyl sites for hydroxylation is 1. The van der Waals surface area contributed by atoms with Crippen LogP contribution in [0.25, 0.3) is 0 Å². The largest absolute Gasteiger partial charge is 0.495 e. The summed E-state index contributed by atoms with van der Waals surface area (Å²) < 4.78 is 5.38. The van der Waals surface area contributed by atoms with Crippen LogP contribution < -0.4 is 10.1 Å². The van der Waals surface area contributed by atoms with Gasteiger partial charge in [-0.15, -0.1) is 0 Å². The van der Waals surface area contributed by atoms with Crippen LogP contribution in [-0.2, 0) is 0 Å². The topological polar surface area (TPSA) is 21.3 Å². The number of hydrogen-bond acceptors (Lipinski definition) is 2. The lowest BCUT2D eigenvalue weighted by molar-refractivity contribution is 0.415. The van der Waals surface area contributed by atoms with Crippen molar-refractivity contribution in [1.82, 2.24) is 0 Å². The Hall–Kier alpha value is -0.890. The predicted molar refractivity (Wildman–Crippen MR) is 73.2 cm³/mol. The van der Waals surface area contributed by atoms with E-state index in [1.165, 1.54) is 19.3 Å². The van der Waals surface area contributed by atoms with E-state index in [9.17, 15) is 0 Å². The van der Waals surface area contributed by atoms with Crippen molar-refractivity contribution in [3.63, 3.8) is 0 Å². The first-order chi connectivity index (χ1) is 8.11. The van der Waals surface area contributed by atoms with Crippen LogP contribution in [0.4, 0.5) is 5.69 Å². The predicted octanol–water partition coefficient (Wildman–Crippen LogP) is 4.26. The number of rotatable bonds is 3. The second-order valence-corrected chi connectivity index (χ2v) is 5.37. The van der Waals surface area contributed by atoms with Crippen LogP contribution in [0, 0.1) is 12.8 Å². The van der Waals surface area contributed by atoms with E-state index in [2.05, 4.69) is 18.3 Å². The fraction of sp³-hybridized carbons (Fsp3) is 0.571. The molecule has 1 aliphatic rings. The molecule has 1 aliphatic carbocycles. The highest BCUT2D eigenvalue weighted by Gasteiger charge is 2.24. The zero-order valence-electron chi connectivity index (χ0n) is 10.7. The number of nitrogens with one attached hydrogen (secondary N) is 1. The van der Waals surface area contributed by atoms with Gasteiger partial charge in [-0.25, -0.2) is 0 Å². The Morgan fingerprint density at radius 2 is 2.12 bits per heavy atom. The Morgan fingerprint density at radius 3 is 2.71 bits per heavy atom. The van der Waals surface area contributed by atoms with Crippen LogP contribution in [0.1, 0.15) is 31.7 Å². The Morgan fingerprint density at radius 1 is 1.35 bits per heavy atom. The minimum absolute atomic E-state index is 0.560. The van der Waals surface area contributed by atoms with Gasteiger partial charge in [-0.1, -0.05) is 24.9 Å². The summed E-state index contributed by atoms with van der Waals surface area (Å²) in [5.41, 5.74) is 2.15. The Bertz CT molecular complexity index is 405. The molecule has 17 heavy (non-hydrogen) atoms. The Labute approximate surface area is 108 Å². The maximum atomic E-state index is 6.10. The first-order valence-corrected chi connectivity index (χ1v) is 6.60. The normalized spacial score (nSPS) is 23.8. The monoisotopic (exact) mass is 253 g/mol. The minimum Gasteiger partial charge on any atom is -0.495 e. The average Bonchev–Trinajstić information content (AvgIpc) is 2.69. The van der Waals surface area contributed by atoms with Crippen LogP contribution in [0.5, 0.6) is 5.75 Å². The molecule has 0 radical (unpaired) electrons. The molecule has 1 aromatic rings. The van der Waals surface area contributed by atoms with E-state index in [0.29, 0.717) is 6.04 Å². The van der Waals surface area contributed by atoms with Crippen LogP contribution in [0.2, 0.25) is 5.02 Å². The molecule has 0 aliphatic heterocycles.